The molecule has 0 radical (unpaired) electrons. The molecule has 1 aromatic carbocycles. The van der Waals surface area contributed by atoms with Gasteiger partial charge in [0.2, 0.25) is 0 Å². The highest BCUT2D eigenvalue weighted by Gasteiger charge is 2.17. The first kappa shape index (κ1) is 15.9. The predicted molar refractivity (Wildman–Crippen MR) is 82.3 cm³/mol. The maximum Gasteiger partial charge on any atom is 0.378 e. The van der Waals surface area contributed by atoms with E-state index in [1.54, 1.807) is 0 Å². The Morgan fingerprint density at radius 3 is 2.79 bits per heavy atom. The van der Waals surface area contributed by atoms with Gasteiger partial charge < -0.3 is 9.47 Å². The lowest BCUT2D eigenvalue weighted by Crippen LogP contribution is -2.08. The molecule has 0 aliphatic rings. The highest BCUT2D eigenvalue weighted by Crippen LogP contribution is 2.20. The van der Waals surface area contributed by atoms with Crippen molar-refractivity contribution in [3.63, 3.8) is 0 Å². The Labute approximate surface area is 137 Å². The molecule has 2 aromatic heterocycles. The highest BCUT2D eigenvalue weighted by molar-refractivity contribution is 5.85. The van der Waals surface area contributed by atoms with Gasteiger partial charge in [-0.05, 0) is 38.1 Å². The predicted octanol–water partition coefficient (Wildman–Crippen LogP) is 2.25. The number of hydrogen-bond donors (Lipinski definition) is 0. The summed E-state index contributed by atoms with van der Waals surface area (Å²) in [5.74, 6) is -0.512. The fourth-order valence-electron chi connectivity index (χ4n) is 2.32. The number of fused-ring (bicyclic) bond motifs is 1. The topological polar surface area (TPSA) is 78.6 Å². The van der Waals surface area contributed by atoms with Gasteiger partial charge in [-0.2, -0.15) is 4.98 Å². The van der Waals surface area contributed by atoms with E-state index in [1.807, 2.05) is 19.9 Å². The number of ether oxygens (including phenoxy) is 2. The summed E-state index contributed by atoms with van der Waals surface area (Å²) in [7, 11) is 1.46. The Bertz CT molecular complexity index is 923. The maximum atomic E-state index is 13.3. The lowest BCUT2D eigenvalue weighted by Gasteiger charge is -2.08. The standard InChI is InChI=1S/C16H15FN4O3/c1-9-6-10(2)21-16(18-9)19-14(20-21)15(22)24-8-11-7-12(17)4-5-13(11)23-3/h4-7H,8H2,1-3H3. The van der Waals surface area contributed by atoms with Crippen LogP contribution < -0.4 is 4.74 Å². The first-order chi connectivity index (χ1) is 11.5. The molecule has 0 N–H and O–H groups in total. The molecule has 0 aliphatic heterocycles. The van der Waals surface area contributed by atoms with E-state index in [4.69, 9.17) is 9.47 Å². The number of nitrogens with zero attached hydrogens (tertiary/aromatic N) is 4. The van der Waals surface area contributed by atoms with Gasteiger partial charge in [0, 0.05) is 17.0 Å². The van der Waals surface area contributed by atoms with E-state index in [-0.39, 0.29) is 12.4 Å². The fourth-order valence-corrected chi connectivity index (χ4v) is 2.32. The van der Waals surface area contributed by atoms with Crippen molar-refractivity contribution in [2.45, 2.75) is 20.5 Å². The Morgan fingerprint density at radius 2 is 2.04 bits per heavy atom. The molecule has 0 aliphatic carbocycles. The van der Waals surface area contributed by atoms with E-state index in [0.717, 1.165) is 11.4 Å². The zero-order valence-corrected chi connectivity index (χ0v) is 13.4. The van der Waals surface area contributed by atoms with Crippen LogP contribution in [-0.2, 0) is 11.3 Å². The third-order valence-electron chi connectivity index (χ3n) is 3.40. The molecule has 7 nitrogen and oxygen atoms in total. The average Bonchev–Trinajstić information content (AvgIpc) is 2.97. The Hall–Kier alpha value is -3.03. The second kappa shape index (κ2) is 6.23. The molecule has 124 valence electrons. The molecule has 0 saturated carbocycles. The number of aromatic nitrogens is 4. The van der Waals surface area contributed by atoms with Crippen LogP contribution in [0.15, 0.2) is 24.3 Å². The number of methoxy groups -OCH3 is 1. The monoisotopic (exact) mass is 330 g/mol. The van der Waals surface area contributed by atoms with Gasteiger partial charge in [-0.3, -0.25) is 0 Å². The van der Waals surface area contributed by atoms with E-state index >= 15 is 0 Å². The van der Waals surface area contributed by atoms with Crippen LogP contribution in [0.25, 0.3) is 5.78 Å². The normalized spacial score (nSPS) is 10.8. The highest BCUT2D eigenvalue weighted by atomic mass is 19.1. The minimum Gasteiger partial charge on any atom is -0.496 e. The zero-order chi connectivity index (χ0) is 17.3. The van der Waals surface area contributed by atoms with Crippen LogP contribution in [0, 0.1) is 19.7 Å². The lowest BCUT2D eigenvalue weighted by atomic mass is 10.2. The third-order valence-corrected chi connectivity index (χ3v) is 3.40. The van der Waals surface area contributed by atoms with Crippen LogP contribution in [0.2, 0.25) is 0 Å². The summed E-state index contributed by atoms with van der Waals surface area (Å²) in [4.78, 5) is 20.4. The van der Waals surface area contributed by atoms with Gasteiger partial charge in [0.1, 0.15) is 18.2 Å². The summed E-state index contributed by atoms with van der Waals surface area (Å²) in [6.45, 7) is 3.51. The van der Waals surface area contributed by atoms with Crippen LogP contribution in [0.4, 0.5) is 4.39 Å². The van der Waals surface area contributed by atoms with Crippen molar-refractivity contribution in [3.05, 3.63) is 52.9 Å². The number of carbonyl (C=O) groups excluding carboxylic acids is 1. The first-order valence-electron chi connectivity index (χ1n) is 7.18. The number of benzene rings is 1. The second-order valence-electron chi connectivity index (χ2n) is 5.22. The largest absolute Gasteiger partial charge is 0.496 e. The van der Waals surface area contributed by atoms with Crippen molar-refractivity contribution < 1.29 is 18.7 Å². The van der Waals surface area contributed by atoms with Gasteiger partial charge in [-0.25, -0.2) is 18.7 Å². The molecule has 0 bridgehead atoms. The minimum absolute atomic E-state index is 0.105. The van der Waals surface area contributed by atoms with Crippen molar-refractivity contribution >= 4 is 11.7 Å². The van der Waals surface area contributed by atoms with Crippen molar-refractivity contribution in [1.29, 1.82) is 0 Å². The molecule has 0 saturated heterocycles. The van der Waals surface area contributed by atoms with Crippen LogP contribution in [-0.4, -0.2) is 32.7 Å². The van der Waals surface area contributed by atoms with E-state index < -0.39 is 11.8 Å². The van der Waals surface area contributed by atoms with E-state index in [1.165, 1.54) is 29.8 Å². The number of carbonyl (C=O) groups is 1. The molecule has 2 heterocycles. The zero-order valence-electron chi connectivity index (χ0n) is 13.4. The summed E-state index contributed by atoms with van der Waals surface area (Å²) in [5, 5.41) is 4.09. The van der Waals surface area contributed by atoms with Crippen molar-refractivity contribution in [2.75, 3.05) is 7.11 Å². The van der Waals surface area contributed by atoms with Gasteiger partial charge in [-0.15, -0.1) is 5.10 Å². The van der Waals surface area contributed by atoms with E-state index in [2.05, 4.69) is 15.1 Å². The fraction of sp³-hybridized carbons (Fsp3) is 0.250. The average molecular weight is 330 g/mol. The summed E-state index contributed by atoms with van der Waals surface area (Å²) >= 11 is 0. The van der Waals surface area contributed by atoms with Crippen molar-refractivity contribution in [3.8, 4) is 5.75 Å². The van der Waals surface area contributed by atoms with E-state index in [0.29, 0.717) is 17.1 Å². The quantitative estimate of drug-likeness (QED) is 0.683. The Balaban J connectivity index is 1.81. The molecule has 3 rings (SSSR count). The Morgan fingerprint density at radius 1 is 1.25 bits per heavy atom. The lowest BCUT2D eigenvalue weighted by molar-refractivity contribution is 0.0455. The van der Waals surface area contributed by atoms with Crippen LogP contribution in [0.5, 0.6) is 5.75 Å². The van der Waals surface area contributed by atoms with Crippen molar-refractivity contribution in [1.82, 2.24) is 19.6 Å². The number of rotatable bonds is 4. The number of esters is 1. The van der Waals surface area contributed by atoms with Gasteiger partial charge >= 0.3 is 5.97 Å². The molecular weight excluding hydrogens is 315 g/mol. The summed E-state index contributed by atoms with van der Waals surface area (Å²) < 4.78 is 25.1. The van der Waals surface area contributed by atoms with Crippen molar-refractivity contribution in [2.24, 2.45) is 0 Å². The maximum absolute atomic E-state index is 13.3. The van der Waals surface area contributed by atoms with Gasteiger partial charge in [0.05, 0.1) is 7.11 Å². The Kier molecular flexibility index (Phi) is 4.11. The minimum atomic E-state index is -0.719. The molecule has 0 amide bonds. The first-order valence-corrected chi connectivity index (χ1v) is 7.18. The summed E-state index contributed by atoms with van der Waals surface area (Å²) in [6, 6.07) is 5.81. The second-order valence-corrected chi connectivity index (χ2v) is 5.22. The van der Waals surface area contributed by atoms with Gasteiger partial charge in [-0.1, -0.05) is 0 Å². The van der Waals surface area contributed by atoms with Gasteiger partial charge in [0.15, 0.2) is 0 Å². The molecule has 0 atom stereocenters. The SMILES string of the molecule is COc1ccc(F)cc1COC(=O)c1nc2nc(C)cc(C)n2n1. The molecule has 0 fully saturated rings. The molecular formula is C16H15FN4O3. The van der Waals surface area contributed by atoms with E-state index in [9.17, 15) is 9.18 Å². The molecule has 3 aromatic rings. The molecule has 24 heavy (non-hydrogen) atoms. The smallest absolute Gasteiger partial charge is 0.378 e. The molecule has 0 spiro atoms. The van der Waals surface area contributed by atoms with Gasteiger partial charge in [0.25, 0.3) is 11.6 Å². The number of halogens is 1. The number of aryl methyl sites for hydroxylation is 2. The van der Waals surface area contributed by atoms with Crippen LogP contribution in [0.1, 0.15) is 27.6 Å². The number of hydrogen-bond acceptors (Lipinski definition) is 6. The molecule has 0 unspecified atom stereocenters. The van der Waals surface area contributed by atoms with Crippen LogP contribution in [0.3, 0.4) is 0 Å². The van der Waals surface area contributed by atoms with Crippen LogP contribution >= 0.6 is 0 Å². The third kappa shape index (κ3) is 3.03. The summed E-state index contributed by atoms with van der Waals surface area (Å²) in [5.41, 5.74) is 1.99. The summed E-state index contributed by atoms with van der Waals surface area (Å²) in [6.07, 6.45) is 0. The molecule has 8 heteroatoms.